The van der Waals surface area contributed by atoms with E-state index in [1.54, 1.807) is 24.3 Å². The summed E-state index contributed by atoms with van der Waals surface area (Å²) in [6, 6.07) is 4.05. The second-order valence-electron chi connectivity index (χ2n) is 8.26. The van der Waals surface area contributed by atoms with Gasteiger partial charge in [0.2, 0.25) is 11.8 Å². The summed E-state index contributed by atoms with van der Waals surface area (Å²) in [7, 11) is 1.78. The Morgan fingerprint density at radius 2 is 1.93 bits per heavy atom. The molecule has 2 aliphatic carbocycles. The summed E-state index contributed by atoms with van der Waals surface area (Å²) in [5, 5.41) is 3.33. The Hall–Kier alpha value is -1.37. The maximum Gasteiger partial charge on any atom is 0.226 e. The summed E-state index contributed by atoms with van der Waals surface area (Å²) < 4.78 is 0. The number of aromatic nitrogens is 1. The summed E-state index contributed by atoms with van der Waals surface area (Å²) in [6.45, 7) is 0. The molecule has 2 saturated carbocycles. The molecule has 4 atom stereocenters. The van der Waals surface area contributed by atoms with Gasteiger partial charge in [-0.1, -0.05) is 12.5 Å². The van der Waals surface area contributed by atoms with Gasteiger partial charge in [0.25, 0.3) is 0 Å². The van der Waals surface area contributed by atoms with Crippen LogP contribution in [0.3, 0.4) is 0 Å². The van der Waals surface area contributed by atoms with Crippen molar-refractivity contribution in [3.63, 3.8) is 0 Å². The van der Waals surface area contributed by atoms with Crippen LogP contribution in [0.15, 0.2) is 24.5 Å². The van der Waals surface area contributed by atoms with E-state index in [4.69, 9.17) is 5.73 Å². The lowest BCUT2D eigenvalue weighted by molar-refractivity contribution is -0.129. The highest BCUT2D eigenvalue weighted by Gasteiger charge is 2.46. The average Bonchev–Trinajstić information content (AvgIpc) is 2.92. The van der Waals surface area contributed by atoms with Crippen LogP contribution in [0.5, 0.6) is 0 Å². The molecule has 0 spiro atoms. The third-order valence-corrected chi connectivity index (χ3v) is 6.63. The van der Waals surface area contributed by atoms with Crippen LogP contribution in [0, 0.1) is 17.8 Å². The molecule has 0 radical (unpaired) electrons. The standard InChI is InChI=1S/C20H28N4O2.2ClH/c1-24-17(25)10-16(19(24)14-6-3-7-22-11-14)20(26)23-18-12-4-2-5-13(18)9-15(21)8-12;;/h3,6-7,11-13,15-16,18-19H,2,4-5,8-10,21H2,1H3,(H,23,26);2*1H. The first kappa shape index (κ1) is 22.9. The van der Waals surface area contributed by atoms with E-state index in [9.17, 15) is 9.59 Å². The lowest BCUT2D eigenvalue weighted by atomic mass is 9.67. The predicted molar refractivity (Wildman–Crippen MR) is 112 cm³/mol. The Morgan fingerprint density at radius 3 is 2.54 bits per heavy atom. The smallest absolute Gasteiger partial charge is 0.226 e. The number of likely N-dealkylation sites (tertiary alicyclic amines) is 1. The third-order valence-electron chi connectivity index (χ3n) is 6.63. The number of nitrogens with two attached hydrogens (primary N) is 1. The van der Waals surface area contributed by atoms with E-state index in [1.807, 2.05) is 12.1 Å². The molecule has 6 nitrogen and oxygen atoms in total. The SMILES string of the molecule is CN1C(=O)CC(C(=O)NC2C3CCCC2CC(N)C3)C1c1cccnc1.Cl.Cl. The lowest BCUT2D eigenvalue weighted by Crippen LogP contribution is -2.55. The molecule has 8 heteroatoms. The zero-order valence-corrected chi connectivity index (χ0v) is 17.8. The van der Waals surface area contributed by atoms with Crippen molar-refractivity contribution >= 4 is 36.6 Å². The highest BCUT2D eigenvalue weighted by molar-refractivity contribution is 5.90. The van der Waals surface area contributed by atoms with Gasteiger partial charge in [0.15, 0.2) is 0 Å². The number of hydrogen-bond donors (Lipinski definition) is 2. The Balaban J connectivity index is 0.00000140. The van der Waals surface area contributed by atoms with Crippen LogP contribution in [-0.2, 0) is 9.59 Å². The molecule has 156 valence electrons. The van der Waals surface area contributed by atoms with E-state index in [-0.39, 0.29) is 67.1 Å². The molecule has 1 saturated heterocycles. The molecule has 3 aliphatic rings. The van der Waals surface area contributed by atoms with Crippen molar-refractivity contribution in [1.29, 1.82) is 0 Å². The predicted octanol–water partition coefficient (Wildman–Crippen LogP) is 2.47. The average molecular weight is 429 g/mol. The summed E-state index contributed by atoms with van der Waals surface area (Å²) >= 11 is 0. The van der Waals surface area contributed by atoms with Crippen molar-refractivity contribution in [2.75, 3.05) is 7.05 Å². The van der Waals surface area contributed by atoms with Crippen molar-refractivity contribution in [3.8, 4) is 0 Å². The third kappa shape index (κ3) is 4.29. The monoisotopic (exact) mass is 428 g/mol. The van der Waals surface area contributed by atoms with Crippen LogP contribution in [0.1, 0.15) is 50.1 Å². The van der Waals surface area contributed by atoms with Crippen LogP contribution in [0.25, 0.3) is 0 Å². The molecule has 0 aromatic carbocycles. The zero-order chi connectivity index (χ0) is 18.3. The van der Waals surface area contributed by atoms with Crippen molar-refractivity contribution in [1.82, 2.24) is 15.2 Å². The number of carbonyl (C=O) groups is 2. The molecule has 1 aromatic heterocycles. The fourth-order valence-electron chi connectivity index (χ4n) is 5.41. The minimum absolute atomic E-state index is 0. The van der Waals surface area contributed by atoms with E-state index in [0.29, 0.717) is 11.8 Å². The van der Waals surface area contributed by atoms with E-state index in [1.165, 1.54) is 6.42 Å². The van der Waals surface area contributed by atoms with Gasteiger partial charge in [-0.15, -0.1) is 24.8 Å². The van der Waals surface area contributed by atoms with Gasteiger partial charge >= 0.3 is 0 Å². The Labute approximate surface area is 178 Å². The lowest BCUT2D eigenvalue weighted by Gasteiger charge is -2.45. The maximum atomic E-state index is 13.2. The van der Waals surface area contributed by atoms with Crippen LogP contribution >= 0.6 is 24.8 Å². The molecule has 2 heterocycles. The van der Waals surface area contributed by atoms with Crippen molar-refractivity contribution in [2.24, 2.45) is 23.5 Å². The second kappa shape index (κ2) is 9.42. The van der Waals surface area contributed by atoms with Crippen LogP contribution < -0.4 is 11.1 Å². The highest BCUT2D eigenvalue weighted by atomic mass is 35.5. The van der Waals surface area contributed by atoms with E-state index in [0.717, 1.165) is 31.2 Å². The molecule has 1 aromatic rings. The zero-order valence-electron chi connectivity index (χ0n) is 16.1. The maximum absolute atomic E-state index is 13.2. The Bertz CT molecular complexity index is 676. The number of amides is 2. The molecule has 28 heavy (non-hydrogen) atoms. The molecule has 1 aliphatic heterocycles. The fraction of sp³-hybridized carbons (Fsp3) is 0.650. The quantitative estimate of drug-likeness (QED) is 0.773. The largest absolute Gasteiger partial charge is 0.352 e. The van der Waals surface area contributed by atoms with Crippen molar-refractivity contribution in [2.45, 2.75) is 56.7 Å². The Morgan fingerprint density at radius 1 is 1.25 bits per heavy atom. The topological polar surface area (TPSA) is 88.3 Å². The van der Waals surface area contributed by atoms with Crippen molar-refractivity contribution < 1.29 is 9.59 Å². The van der Waals surface area contributed by atoms with E-state index < -0.39 is 0 Å². The summed E-state index contributed by atoms with van der Waals surface area (Å²) in [5.74, 6) is 0.632. The van der Waals surface area contributed by atoms with Crippen molar-refractivity contribution in [3.05, 3.63) is 30.1 Å². The first-order valence-corrected chi connectivity index (χ1v) is 9.76. The number of fused-ring (bicyclic) bond motifs is 2. The van der Waals surface area contributed by atoms with Gasteiger partial charge in [-0.3, -0.25) is 14.6 Å². The number of pyridine rings is 1. The van der Waals surface area contributed by atoms with Crippen LogP contribution in [-0.4, -0.2) is 40.8 Å². The number of nitrogens with zero attached hydrogens (tertiary/aromatic N) is 2. The molecule has 4 unspecified atom stereocenters. The number of hydrogen-bond acceptors (Lipinski definition) is 4. The van der Waals surface area contributed by atoms with Gasteiger partial charge in [0, 0.05) is 37.9 Å². The van der Waals surface area contributed by atoms with Gasteiger partial charge in [-0.25, -0.2) is 0 Å². The van der Waals surface area contributed by atoms with Gasteiger partial charge < -0.3 is 16.0 Å². The molecular formula is C20H30Cl2N4O2. The molecule has 4 rings (SSSR count). The normalized spacial score (nSPS) is 34.2. The first-order valence-electron chi connectivity index (χ1n) is 9.76. The van der Waals surface area contributed by atoms with Crippen LogP contribution in [0.4, 0.5) is 0 Å². The number of carbonyl (C=O) groups excluding carboxylic acids is 2. The minimum Gasteiger partial charge on any atom is -0.352 e. The van der Waals surface area contributed by atoms with E-state index >= 15 is 0 Å². The molecule has 3 N–H and O–H groups in total. The first-order chi connectivity index (χ1) is 12.5. The van der Waals surface area contributed by atoms with E-state index in [2.05, 4.69) is 10.3 Å². The molecule has 3 fully saturated rings. The Kier molecular flexibility index (Phi) is 7.71. The minimum atomic E-state index is -0.354. The second-order valence-corrected chi connectivity index (χ2v) is 8.26. The van der Waals surface area contributed by atoms with Gasteiger partial charge in [-0.05, 0) is 49.1 Å². The summed E-state index contributed by atoms with van der Waals surface area (Å²) in [5.41, 5.74) is 7.13. The fourth-order valence-corrected chi connectivity index (χ4v) is 5.41. The number of nitrogens with one attached hydrogen (secondary N) is 1. The highest BCUT2D eigenvalue weighted by Crippen LogP contribution is 2.41. The molecule has 2 amide bonds. The molecule has 2 bridgehead atoms. The number of rotatable bonds is 3. The summed E-state index contributed by atoms with van der Waals surface area (Å²) in [6.07, 6.45) is 9.25. The van der Waals surface area contributed by atoms with Gasteiger partial charge in [-0.2, -0.15) is 0 Å². The number of halogens is 2. The van der Waals surface area contributed by atoms with Crippen LogP contribution in [0.2, 0.25) is 0 Å². The van der Waals surface area contributed by atoms with Gasteiger partial charge in [0.1, 0.15) is 0 Å². The summed E-state index contributed by atoms with van der Waals surface area (Å²) in [4.78, 5) is 31.3. The molecular weight excluding hydrogens is 399 g/mol. The van der Waals surface area contributed by atoms with Gasteiger partial charge in [0.05, 0.1) is 12.0 Å².